The number of carbonyl (C=O) groups is 1. The summed E-state index contributed by atoms with van der Waals surface area (Å²) < 4.78 is 11.2. The second-order valence-electron chi connectivity index (χ2n) is 7.82. The summed E-state index contributed by atoms with van der Waals surface area (Å²) in [5.74, 6) is 1.40. The number of amides is 1. The van der Waals surface area contributed by atoms with Crippen molar-refractivity contribution in [2.75, 3.05) is 19.7 Å². The SMILES string of the molecule is CC(C)(C)c1noc(CCC(=O)N2CCOC3(CCCC3)C2)n1. The molecule has 0 bridgehead atoms. The molecule has 0 atom stereocenters. The lowest BCUT2D eigenvalue weighted by Gasteiger charge is -2.40. The van der Waals surface area contributed by atoms with E-state index in [2.05, 4.69) is 10.1 Å². The van der Waals surface area contributed by atoms with E-state index in [1.807, 2.05) is 25.7 Å². The van der Waals surface area contributed by atoms with Crippen molar-refractivity contribution >= 4 is 5.91 Å². The Kier molecular flexibility index (Phi) is 4.45. The van der Waals surface area contributed by atoms with Gasteiger partial charge in [-0.15, -0.1) is 0 Å². The van der Waals surface area contributed by atoms with Gasteiger partial charge in [0.1, 0.15) is 0 Å². The standard InChI is InChI=1S/C17H27N3O3/c1-16(2,3)15-18-13(23-19-15)6-7-14(21)20-10-11-22-17(12-20)8-4-5-9-17/h4-12H2,1-3H3. The minimum atomic E-state index is -0.134. The van der Waals surface area contributed by atoms with Gasteiger partial charge < -0.3 is 14.2 Å². The van der Waals surface area contributed by atoms with E-state index in [1.165, 1.54) is 12.8 Å². The van der Waals surface area contributed by atoms with Gasteiger partial charge in [-0.2, -0.15) is 4.98 Å². The quantitative estimate of drug-likeness (QED) is 0.855. The third-order valence-corrected chi connectivity index (χ3v) is 4.81. The van der Waals surface area contributed by atoms with Crippen LogP contribution in [0.3, 0.4) is 0 Å². The highest BCUT2D eigenvalue weighted by atomic mass is 16.5. The highest BCUT2D eigenvalue weighted by Crippen LogP contribution is 2.36. The first-order valence-corrected chi connectivity index (χ1v) is 8.63. The Balaban J connectivity index is 1.54. The Labute approximate surface area is 137 Å². The number of aromatic nitrogens is 2. The van der Waals surface area contributed by atoms with Gasteiger partial charge in [-0.25, -0.2) is 0 Å². The number of nitrogens with zero attached hydrogens (tertiary/aromatic N) is 3. The molecule has 1 aliphatic carbocycles. The zero-order chi connectivity index (χ0) is 16.5. The molecule has 2 heterocycles. The average molecular weight is 321 g/mol. The third kappa shape index (κ3) is 3.74. The lowest BCUT2D eigenvalue weighted by molar-refractivity contribution is -0.149. The summed E-state index contributed by atoms with van der Waals surface area (Å²) in [5, 5.41) is 4.00. The van der Waals surface area contributed by atoms with Crippen LogP contribution in [0.25, 0.3) is 0 Å². The number of rotatable bonds is 3. The number of carbonyl (C=O) groups excluding carboxylic acids is 1. The van der Waals surface area contributed by atoms with Crippen molar-refractivity contribution in [3.8, 4) is 0 Å². The largest absolute Gasteiger partial charge is 0.371 e. The molecule has 6 heteroatoms. The van der Waals surface area contributed by atoms with E-state index in [-0.39, 0.29) is 16.9 Å². The molecule has 128 valence electrons. The Morgan fingerprint density at radius 3 is 2.70 bits per heavy atom. The van der Waals surface area contributed by atoms with Crippen molar-refractivity contribution in [2.45, 2.75) is 70.3 Å². The maximum Gasteiger partial charge on any atom is 0.227 e. The minimum absolute atomic E-state index is 0.0716. The van der Waals surface area contributed by atoms with Crippen molar-refractivity contribution in [2.24, 2.45) is 0 Å². The number of hydrogen-bond donors (Lipinski definition) is 0. The Hall–Kier alpha value is -1.43. The van der Waals surface area contributed by atoms with Gasteiger partial charge in [0.05, 0.1) is 12.2 Å². The van der Waals surface area contributed by atoms with Crippen LogP contribution in [-0.4, -0.2) is 46.2 Å². The molecule has 1 aliphatic heterocycles. The van der Waals surface area contributed by atoms with Gasteiger partial charge in [-0.1, -0.05) is 38.8 Å². The summed E-state index contributed by atoms with van der Waals surface area (Å²) in [7, 11) is 0. The van der Waals surface area contributed by atoms with E-state index in [9.17, 15) is 4.79 Å². The van der Waals surface area contributed by atoms with Crippen molar-refractivity contribution in [1.29, 1.82) is 0 Å². The second-order valence-corrected chi connectivity index (χ2v) is 7.82. The smallest absolute Gasteiger partial charge is 0.227 e. The zero-order valence-corrected chi connectivity index (χ0v) is 14.4. The van der Waals surface area contributed by atoms with Crippen LogP contribution in [0.2, 0.25) is 0 Å². The van der Waals surface area contributed by atoms with Crippen molar-refractivity contribution in [1.82, 2.24) is 15.0 Å². The predicted octanol–water partition coefficient (Wildman–Crippen LogP) is 2.47. The van der Waals surface area contributed by atoms with E-state index in [4.69, 9.17) is 9.26 Å². The van der Waals surface area contributed by atoms with Gasteiger partial charge in [0.25, 0.3) is 0 Å². The first kappa shape index (κ1) is 16.4. The molecule has 1 spiro atoms. The summed E-state index contributed by atoms with van der Waals surface area (Å²) in [4.78, 5) is 18.8. The molecule has 6 nitrogen and oxygen atoms in total. The van der Waals surface area contributed by atoms with E-state index >= 15 is 0 Å². The highest BCUT2D eigenvalue weighted by Gasteiger charge is 2.40. The predicted molar refractivity (Wildman–Crippen MR) is 85.1 cm³/mol. The summed E-state index contributed by atoms with van der Waals surface area (Å²) in [6.45, 7) is 8.21. The number of aryl methyl sites for hydroxylation is 1. The molecule has 1 aromatic heterocycles. The monoisotopic (exact) mass is 321 g/mol. The highest BCUT2D eigenvalue weighted by molar-refractivity contribution is 5.76. The maximum absolute atomic E-state index is 12.5. The molecule has 0 unspecified atom stereocenters. The van der Waals surface area contributed by atoms with Crippen molar-refractivity contribution < 1.29 is 14.1 Å². The van der Waals surface area contributed by atoms with E-state index in [0.29, 0.717) is 37.7 Å². The van der Waals surface area contributed by atoms with Crippen LogP contribution in [0.5, 0.6) is 0 Å². The molecule has 0 aromatic carbocycles. The summed E-state index contributed by atoms with van der Waals surface area (Å²) in [5.41, 5.74) is -0.206. The fourth-order valence-electron chi connectivity index (χ4n) is 3.41. The molecule has 2 aliphatic rings. The molecule has 2 fully saturated rings. The molecule has 23 heavy (non-hydrogen) atoms. The van der Waals surface area contributed by atoms with Crippen LogP contribution in [-0.2, 0) is 21.4 Å². The fourth-order valence-corrected chi connectivity index (χ4v) is 3.41. The van der Waals surface area contributed by atoms with Crippen molar-refractivity contribution in [3.63, 3.8) is 0 Å². The molecule has 0 radical (unpaired) electrons. The van der Waals surface area contributed by atoms with Crippen molar-refractivity contribution in [3.05, 3.63) is 11.7 Å². The number of hydrogen-bond acceptors (Lipinski definition) is 5. The van der Waals surface area contributed by atoms with E-state index in [1.54, 1.807) is 0 Å². The Morgan fingerprint density at radius 1 is 1.30 bits per heavy atom. The normalized spacial score (nSPS) is 21.1. The lowest BCUT2D eigenvalue weighted by atomic mass is 9.96. The summed E-state index contributed by atoms with van der Waals surface area (Å²) in [6, 6.07) is 0. The van der Waals surface area contributed by atoms with Crippen LogP contribution >= 0.6 is 0 Å². The molecule has 1 saturated carbocycles. The fraction of sp³-hybridized carbons (Fsp3) is 0.824. The Bertz CT molecular complexity index is 556. The summed E-state index contributed by atoms with van der Waals surface area (Å²) in [6.07, 6.45) is 5.50. The van der Waals surface area contributed by atoms with Crippen LogP contribution in [0, 0.1) is 0 Å². The molecule has 1 amide bonds. The Morgan fingerprint density at radius 2 is 2.04 bits per heavy atom. The average Bonchev–Trinajstić information content (AvgIpc) is 3.14. The van der Waals surface area contributed by atoms with E-state index in [0.717, 1.165) is 19.4 Å². The van der Waals surface area contributed by atoms with Crippen LogP contribution in [0.1, 0.15) is 64.6 Å². The molecule has 3 rings (SSSR count). The van der Waals surface area contributed by atoms with Gasteiger partial charge in [-0.3, -0.25) is 4.79 Å². The number of ether oxygens (including phenoxy) is 1. The molecule has 0 N–H and O–H groups in total. The van der Waals surface area contributed by atoms with Gasteiger partial charge in [0.15, 0.2) is 5.82 Å². The van der Waals surface area contributed by atoms with Gasteiger partial charge >= 0.3 is 0 Å². The van der Waals surface area contributed by atoms with Gasteiger partial charge in [0.2, 0.25) is 11.8 Å². The minimum Gasteiger partial charge on any atom is -0.371 e. The topological polar surface area (TPSA) is 68.5 Å². The van der Waals surface area contributed by atoms with Crippen LogP contribution < -0.4 is 0 Å². The second kappa shape index (κ2) is 6.23. The molecular formula is C17H27N3O3. The van der Waals surface area contributed by atoms with Crippen LogP contribution in [0.4, 0.5) is 0 Å². The lowest BCUT2D eigenvalue weighted by Crippen LogP contribution is -2.52. The summed E-state index contributed by atoms with van der Waals surface area (Å²) >= 11 is 0. The molecule has 1 saturated heterocycles. The third-order valence-electron chi connectivity index (χ3n) is 4.81. The maximum atomic E-state index is 12.5. The first-order chi connectivity index (χ1) is 10.9. The molecule has 1 aromatic rings. The zero-order valence-electron chi connectivity index (χ0n) is 14.4. The molecular weight excluding hydrogens is 294 g/mol. The van der Waals surface area contributed by atoms with Gasteiger partial charge in [0, 0.05) is 31.3 Å². The first-order valence-electron chi connectivity index (χ1n) is 8.63. The van der Waals surface area contributed by atoms with Gasteiger partial charge in [-0.05, 0) is 12.8 Å². The number of morpholine rings is 1. The van der Waals surface area contributed by atoms with E-state index < -0.39 is 0 Å². The van der Waals surface area contributed by atoms with Crippen LogP contribution in [0.15, 0.2) is 4.52 Å².